The lowest BCUT2D eigenvalue weighted by Gasteiger charge is -2.00. The summed E-state index contributed by atoms with van der Waals surface area (Å²) in [5, 5.41) is 1.49. The highest BCUT2D eigenvalue weighted by atomic mass is 35.5. The summed E-state index contributed by atoms with van der Waals surface area (Å²) < 4.78 is 0. The van der Waals surface area contributed by atoms with Gasteiger partial charge in [-0.2, -0.15) is 0 Å². The summed E-state index contributed by atoms with van der Waals surface area (Å²) in [4.78, 5) is 11.2. The summed E-state index contributed by atoms with van der Waals surface area (Å²) in [5.74, 6) is 0.692. The average molecular weight is 275 g/mol. The monoisotopic (exact) mass is 274 g/mol. The average Bonchev–Trinajstić information content (AvgIpc) is 2.83. The van der Waals surface area contributed by atoms with Crippen molar-refractivity contribution in [2.45, 2.75) is 13.3 Å². The molecule has 0 spiro atoms. The second-order valence-corrected chi connectivity index (χ2v) is 5.46. The number of aryl methyl sites for hydroxylation is 1. The molecule has 0 saturated heterocycles. The van der Waals surface area contributed by atoms with Crippen LogP contribution in [-0.4, -0.2) is 9.97 Å². The number of benzene rings is 1. The Labute approximate surface area is 114 Å². The van der Waals surface area contributed by atoms with Gasteiger partial charge in [0.15, 0.2) is 5.82 Å². The van der Waals surface area contributed by atoms with Crippen LogP contribution in [0.5, 0.6) is 0 Å². The van der Waals surface area contributed by atoms with Crippen molar-refractivity contribution in [2.75, 3.05) is 0 Å². The van der Waals surface area contributed by atoms with Crippen LogP contribution in [0.15, 0.2) is 36.4 Å². The van der Waals surface area contributed by atoms with Gasteiger partial charge in [0.05, 0.1) is 0 Å². The third-order valence-corrected chi connectivity index (χ3v) is 4.24. The molecule has 4 heteroatoms. The number of fused-ring (bicyclic) bond motifs is 1. The minimum atomic E-state index is 0.537. The van der Waals surface area contributed by atoms with Crippen LogP contribution in [0, 0.1) is 0 Å². The Bertz CT molecular complexity index is 692. The lowest BCUT2D eigenvalue weighted by Crippen LogP contribution is -1.88. The van der Waals surface area contributed by atoms with Gasteiger partial charge in [0, 0.05) is 15.8 Å². The molecule has 2 heterocycles. The smallest absolute Gasteiger partial charge is 0.162 e. The Morgan fingerprint density at radius 2 is 1.94 bits per heavy atom. The van der Waals surface area contributed by atoms with Crippen molar-refractivity contribution < 1.29 is 0 Å². The molecule has 0 unspecified atom stereocenters. The van der Waals surface area contributed by atoms with Crippen molar-refractivity contribution in [2.24, 2.45) is 0 Å². The maximum Gasteiger partial charge on any atom is 0.162 e. The van der Waals surface area contributed by atoms with E-state index >= 15 is 0 Å². The van der Waals surface area contributed by atoms with Crippen LogP contribution < -0.4 is 0 Å². The van der Waals surface area contributed by atoms with Gasteiger partial charge in [0.25, 0.3) is 0 Å². The summed E-state index contributed by atoms with van der Waals surface area (Å²) in [6, 6.07) is 12.0. The molecule has 1 aromatic carbocycles. The quantitative estimate of drug-likeness (QED) is 0.640. The summed E-state index contributed by atoms with van der Waals surface area (Å²) in [5.41, 5.74) is 0.993. The molecular weight excluding hydrogens is 264 g/mol. The molecule has 0 saturated carbocycles. The first-order valence-electron chi connectivity index (χ1n) is 5.79. The molecule has 0 N–H and O–H groups in total. The molecule has 2 aromatic heterocycles. The number of nitrogens with zero attached hydrogens (tertiary/aromatic N) is 2. The van der Waals surface area contributed by atoms with Crippen molar-refractivity contribution in [1.29, 1.82) is 0 Å². The normalized spacial score (nSPS) is 11.0. The van der Waals surface area contributed by atoms with Crippen LogP contribution in [0.1, 0.15) is 11.8 Å². The van der Waals surface area contributed by atoms with Crippen molar-refractivity contribution in [3.05, 3.63) is 46.4 Å². The predicted octanol–water partition coefficient (Wildman–Crippen LogP) is 4.57. The lowest BCUT2D eigenvalue weighted by molar-refractivity contribution is 1.19. The molecule has 0 amide bonds. The zero-order valence-corrected chi connectivity index (χ0v) is 11.4. The molecule has 0 radical (unpaired) electrons. The van der Waals surface area contributed by atoms with Crippen LogP contribution >= 0.6 is 22.9 Å². The second-order valence-electron chi connectivity index (χ2n) is 3.99. The third kappa shape index (κ3) is 2.00. The molecular formula is C14H11ClN2S. The predicted molar refractivity (Wildman–Crippen MR) is 77.2 cm³/mol. The maximum atomic E-state index is 6.24. The second kappa shape index (κ2) is 4.67. The topological polar surface area (TPSA) is 25.8 Å². The zero-order valence-electron chi connectivity index (χ0n) is 9.85. The van der Waals surface area contributed by atoms with Gasteiger partial charge >= 0.3 is 0 Å². The molecule has 0 fully saturated rings. The number of halogens is 1. The van der Waals surface area contributed by atoms with E-state index in [9.17, 15) is 0 Å². The highest BCUT2D eigenvalue weighted by Crippen LogP contribution is 2.31. The summed E-state index contributed by atoms with van der Waals surface area (Å²) in [6.07, 6.45) is 0.998. The third-order valence-electron chi connectivity index (χ3n) is 2.78. The van der Waals surface area contributed by atoms with Crippen molar-refractivity contribution >= 4 is 33.2 Å². The first kappa shape index (κ1) is 11.6. The van der Waals surface area contributed by atoms with Crippen molar-refractivity contribution in [1.82, 2.24) is 9.97 Å². The first-order chi connectivity index (χ1) is 8.78. The van der Waals surface area contributed by atoms with Crippen LogP contribution in [0.4, 0.5) is 0 Å². The van der Waals surface area contributed by atoms with Crippen molar-refractivity contribution in [3.63, 3.8) is 0 Å². The summed E-state index contributed by atoms with van der Waals surface area (Å²) in [6.45, 7) is 2.13. The van der Waals surface area contributed by atoms with Gasteiger partial charge in [-0.15, -0.1) is 11.3 Å². The molecule has 3 aromatic rings. The molecule has 3 rings (SSSR count). The zero-order chi connectivity index (χ0) is 12.5. The number of hydrogen-bond acceptors (Lipinski definition) is 3. The number of hydrogen-bond donors (Lipinski definition) is 0. The Kier molecular flexibility index (Phi) is 3.02. The van der Waals surface area contributed by atoms with E-state index in [2.05, 4.69) is 23.0 Å². The molecule has 90 valence electrons. The van der Waals surface area contributed by atoms with Gasteiger partial charge in [-0.3, -0.25) is 0 Å². The van der Waals surface area contributed by atoms with E-state index in [1.807, 2.05) is 30.3 Å². The van der Waals surface area contributed by atoms with E-state index in [1.165, 1.54) is 4.88 Å². The highest BCUT2D eigenvalue weighted by Gasteiger charge is 2.10. The molecule has 0 aliphatic heterocycles. The fourth-order valence-corrected chi connectivity index (χ4v) is 3.07. The van der Waals surface area contributed by atoms with E-state index in [0.717, 1.165) is 22.2 Å². The van der Waals surface area contributed by atoms with E-state index in [4.69, 9.17) is 11.6 Å². The van der Waals surface area contributed by atoms with Crippen molar-refractivity contribution in [3.8, 4) is 11.4 Å². The largest absolute Gasteiger partial charge is 0.217 e. The molecule has 0 atom stereocenters. The van der Waals surface area contributed by atoms with Gasteiger partial charge in [0.1, 0.15) is 9.98 Å². The van der Waals surface area contributed by atoms with Gasteiger partial charge in [-0.05, 0) is 12.5 Å². The number of thiophene rings is 1. The standard InChI is InChI=1S/C14H11ClN2S/c1-2-10-8-11-12(15)16-13(17-14(11)18-10)9-6-4-3-5-7-9/h3-8H,2H2,1H3. The Morgan fingerprint density at radius 1 is 1.17 bits per heavy atom. The minimum absolute atomic E-state index is 0.537. The number of aromatic nitrogens is 2. The van der Waals surface area contributed by atoms with Gasteiger partial charge in [-0.1, -0.05) is 48.9 Å². The Hall–Kier alpha value is -1.45. The fraction of sp³-hybridized carbons (Fsp3) is 0.143. The molecule has 18 heavy (non-hydrogen) atoms. The number of rotatable bonds is 2. The van der Waals surface area contributed by atoms with E-state index < -0.39 is 0 Å². The van der Waals surface area contributed by atoms with Crippen LogP contribution in [0.2, 0.25) is 5.15 Å². The van der Waals surface area contributed by atoms with Crippen LogP contribution in [-0.2, 0) is 6.42 Å². The molecule has 0 aliphatic rings. The molecule has 0 aliphatic carbocycles. The van der Waals surface area contributed by atoms with Gasteiger partial charge in [0.2, 0.25) is 0 Å². The molecule has 0 bridgehead atoms. The van der Waals surface area contributed by atoms with Gasteiger partial charge < -0.3 is 0 Å². The maximum absolute atomic E-state index is 6.24. The fourth-order valence-electron chi connectivity index (χ4n) is 1.83. The minimum Gasteiger partial charge on any atom is -0.217 e. The van der Waals surface area contributed by atoms with E-state index in [1.54, 1.807) is 11.3 Å². The van der Waals surface area contributed by atoms with E-state index in [-0.39, 0.29) is 0 Å². The Balaban J connectivity index is 2.21. The Morgan fingerprint density at radius 3 is 2.67 bits per heavy atom. The first-order valence-corrected chi connectivity index (χ1v) is 6.98. The highest BCUT2D eigenvalue weighted by molar-refractivity contribution is 7.18. The van der Waals surface area contributed by atoms with E-state index in [0.29, 0.717) is 11.0 Å². The van der Waals surface area contributed by atoms with Gasteiger partial charge in [-0.25, -0.2) is 9.97 Å². The SMILES string of the molecule is CCc1cc2c(Cl)nc(-c3ccccc3)nc2s1. The van der Waals surface area contributed by atoms with Crippen LogP contribution in [0.3, 0.4) is 0 Å². The summed E-state index contributed by atoms with van der Waals surface area (Å²) >= 11 is 7.92. The summed E-state index contributed by atoms with van der Waals surface area (Å²) in [7, 11) is 0. The van der Waals surface area contributed by atoms with Crippen LogP contribution in [0.25, 0.3) is 21.6 Å². The lowest BCUT2D eigenvalue weighted by atomic mass is 10.2. The molecule has 2 nitrogen and oxygen atoms in total.